The van der Waals surface area contributed by atoms with Crippen molar-refractivity contribution in [1.82, 2.24) is 19.6 Å². The van der Waals surface area contributed by atoms with E-state index in [1.54, 1.807) is 66.9 Å². The molecule has 6 atom stereocenters. The lowest BCUT2D eigenvalue weighted by Crippen LogP contribution is -2.46. The van der Waals surface area contributed by atoms with E-state index in [0.29, 0.717) is 17.8 Å². The maximum Gasteiger partial charge on any atom is 0.530 e. The Labute approximate surface area is 393 Å². The van der Waals surface area contributed by atoms with Crippen molar-refractivity contribution < 1.29 is 41.8 Å². The Hall–Kier alpha value is -4.35. The molecule has 0 bridgehead atoms. The van der Waals surface area contributed by atoms with Crippen LogP contribution >= 0.6 is 19.4 Å². The van der Waals surface area contributed by atoms with Crippen LogP contribution in [0.5, 0.6) is 11.6 Å². The van der Waals surface area contributed by atoms with E-state index in [1.165, 1.54) is 95.9 Å². The number of anilines is 1. The molecular formula is C48H65ClN7O9P. The maximum absolute atomic E-state index is 14.8. The van der Waals surface area contributed by atoms with Gasteiger partial charge in [-0.2, -0.15) is 15.6 Å². The van der Waals surface area contributed by atoms with Crippen molar-refractivity contribution in [2.24, 2.45) is 0 Å². The zero-order valence-corrected chi connectivity index (χ0v) is 40.1. The molecule has 16 nitrogen and oxygen atoms in total. The van der Waals surface area contributed by atoms with Gasteiger partial charge in [-0.05, 0) is 50.6 Å². The monoisotopic (exact) mass is 949 g/mol. The Morgan fingerprint density at radius 3 is 2.20 bits per heavy atom. The van der Waals surface area contributed by atoms with E-state index in [0.717, 1.165) is 19.3 Å². The van der Waals surface area contributed by atoms with Gasteiger partial charge in [0.05, 0.1) is 23.9 Å². The number of pyridine rings is 1. The number of unbranched alkanes of at least 4 members (excludes halogenated alkanes) is 15. The van der Waals surface area contributed by atoms with Gasteiger partial charge in [0.1, 0.15) is 66.4 Å². The smallest absolute Gasteiger partial charge is 0.469 e. The predicted octanol–water partition coefficient (Wildman–Crippen LogP) is 11.0. The number of nitrogen functional groups attached to an aromatic ring is 1. The summed E-state index contributed by atoms with van der Waals surface area (Å²) < 4.78 is 65.7. The molecule has 1 aromatic carbocycles. The maximum atomic E-state index is 14.8. The second-order valence-corrected chi connectivity index (χ2v) is 19.4. The van der Waals surface area contributed by atoms with Gasteiger partial charge >= 0.3 is 7.82 Å². The summed E-state index contributed by atoms with van der Waals surface area (Å²) in [6.45, 7) is 5.18. The van der Waals surface area contributed by atoms with Crippen LogP contribution in [0.1, 0.15) is 141 Å². The van der Waals surface area contributed by atoms with Crippen molar-refractivity contribution >= 4 is 30.8 Å². The molecule has 0 aliphatic carbocycles. The van der Waals surface area contributed by atoms with Crippen molar-refractivity contribution in [2.45, 2.75) is 159 Å². The summed E-state index contributed by atoms with van der Waals surface area (Å²) in [6, 6.07) is 18.9. The Morgan fingerprint density at radius 1 is 0.848 bits per heavy atom. The second kappa shape index (κ2) is 25.1. The van der Waals surface area contributed by atoms with Gasteiger partial charge < -0.3 is 33.9 Å². The minimum absolute atomic E-state index is 0.00992. The number of hydrogen-bond donors (Lipinski definition) is 1. The van der Waals surface area contributed by atoms with E-state index in [1.807, 2.05) is 6.07 Å². The molecule has 6 rings (SSSR count). The van der Waals surface area contributed by atoms with Crippen molar-refractivity contribution in [3.05, 3.63) is 77.3 Å². The Bertz CT molecular complexity index is 2270. The number of phosphoric ester groups is 1. The SMILES string of the molecule is CCCCCCCCCCCCCCCCCCOC[C@H](COP(=O)(OC[C@@]1(C#N)O[C@@H](c2ccc3c(N)ncnn23)[C@@H]2OC(C)(C)O[C@@H]21)Oc1ccccc1Cl)Oc1cccc(C#N)n1. The van der Waals surface area contributed by atoms with Gasteiger partial charge in [-0.1, -0.05) is 133 Å². The van der Waals surface area contributed by atoms with Crippen molar-refractivity contribution in [3.63, 3.8) is 0 Å². The third-order valence-electron chi connectivity index (χ3n) is 11.7. The minimum Gasteiger partial charge on any atom is -0.469 e. The first-order valence-corrected chi connectivity index (χ1v) is 25.3. The first-order valence-electron chi connectivity index (χ1n) is 23.5. The molecule has 5 heterocycles. The Balaban J connectivity index is 1.07. The molecule has 1 unspecified atom stereocenters. The quantitative estimate of drug-likeness (QED) is 0.0381. The molecule has 0 saturated carbocycles. The number of aromatic nitrogens is 4. The van der Waals surface area contributed by atoms with Gasteiger partial charge in [0.25, 0.3) is 0 Å². The predicted molar refractivity (Wildman–Crippen MR) is 249 cm³/mol. The average molecular weight is 951 g/mol. The van der Waals surface area contributed by atoms with E-state index in [4.69, 9.17) is 54.6 Å². The number of halogens is 1. The largest absolute Gasteiger partial charge is 0.530 e. The summed E-state index contributed by atoms with van der Waals surface area (Å²) in [7, 11) is -4.69. The molecule has 66 heavy (non-hydrogen) atoms. The second-order valence-electron chi connectivity index (χ2n) is 17.4. The summed E-state index contributed by atoms with van der Waals surface area (Å²) in [4.78, 5) is 8.32. The molecule has 0 spiro atoms. The van der Waals surface area contributed by atoms with E-state index in [9.17, 15) is 15.1 Å². The lowest BCUT2D eigenvalue weighted by atomic mass is 9.96. The lowest BCUT2D eigenvalue weighted by molar-refractivity contribution is -0.204. The first kappa shape index (κ1) is 51.0. The van der Waals surface area contributed by atoms with Crippen molar-refractivity contribution in [2.75, 3.05) is 32.2 Å². The van der Waals surface area contributed by atoms with Gasteiger partial charge in [-0.15, -0.1) is 0 Å². The van der Waals surface area contributed by atoms with Gasteiger partial charge in [0.15, 0.2) is 11.6 Å². The molecule has 0 amide bonds. The summed E-state index contributed by atoms with van der Waals surface area (Å²) in [5.74, 6) is -0.721. The first-order chi connectivity index (χ1) is 32.0. The van der Waals surface area contributed by atoms with E-state index in [2.05, 4.69) is 28.1 Å². The number of para-hydroxylation sites is 1. The standard InChI is InChI=1S/C48H65ClN7O9P/c1-4-5-6-7-8-9-10-11-12-13-14-15-16-17-18-21-29-58-31-37(61-42-26-22-23-36(30-50)55-42)32-59-66(57,65-41-25-20-19-24-38(41)49)60-34-48(33-51)45-44(62-47(2,3)64-45)43(63-48)39-27-28-40-46(52)53-35-54-56(39)40/h19-20,22-28,35,37,43-45H,4-18,21,29,31-32,34H2,1-3H3,(H2,52,53,54)/t37-,43+,44+,45+,48-,66?/m1/s1. The fourth-order valence-electron chi connectivity index (χ4n) is 8.26. The third-order valence-corrected chi connectivity index (χ3v) is 13.3. The highest BCUT2D eigenvalue weighted by Gasteiger charge is 2.65. The summed E-state index contributed by atoms with van der Waals surface area (Å²) in [5.41, 5.74) is 5.44. The highest BCUT2D eigenvalue weighted by atomic mass is 35.5. The molecule has 2 N–H and O–H groups in total. The van der Waals surface area contributed by atoms with Crippen LogP contribution < -0.4 is 15.0 Å². The number of ether oxygens (including phenoxy) is 5. The normalized spacial score (nSPS) is 21.2. The van der Waals surface area contributed by atoms with Gasteiger partial charge in [0.2, 0.25) is 11.5 Å². The Morgan fingerprint density at radius 2 is 1.53 bits per heavy atom. The fraction of sp³-hybridized carbons (Fsp3) is 0.604. The van der Waals surface area contributed by atoms with Crippen LogP contribution in [0.3, 0.4) is 0 Å². The number of rotatable bonds is 30. The van der Waals surface area contributed by atoms with Gasteiger partial charge in [0, 0.05) is 12.7 Å². The molecule has 2 aliphatic rings. The van der Waals surface area contributed by atoms with Crippen LogP contribution in [-0.4, -0.2) is 75.7 Å². The number of hydrogen-bond acceptors (Lipinski definition) is 15. The Kier molecular flexibility index (Phi) is 19.4. The average Bonchev–Trinajstić information content (AvgIpc) is 3.98. The molecule has 2 aliphatic heterocycles. The number of nitrogens with two attached hydrogens (primary N) is 1. The van der Waals surface area contributed by atoms with Crippen LogP contribution in [0.4, 0.5) is 5.82 Å². The summed E-state index contributed by atoms with van der Waals surface area (Å²) in [5, 5.41) is 24.8. The van der Waals surface area contributed by atoms with Crippen LogP contribution in [0.2, 0.25) is 5.02 Å². The number of fused-ring (bicyclic) bond motifs is 2. The molecule has 358 valence electrons. The molecule has 4 aromatic rings. The van der Waals surface area contributed by atoms with E-state index in [-0.39, 0.29) is 41.4 Å². The fourth-order valence-corrected chi connectivity index (χ4v) is 9.77. The number of benzene rings is 1. The van der Waals surface area contributed by atoms with Crippen molar-refractivity contribution in [1.29, 1.82) is 10.5 Å². The van der Waals surface area contributed by atoms with Crippen LogP contribution in [0.25, 0.3) is 5.52 Å². The molecule has 0 radical (unpaired) electrons. The highest BCUT2D eigenvalue weighted by molar-refractivity contribution is 7.49. The van der Waals surface area contributed by atoms with E-state index < -0.39 is 50.2 Å². The summed E-state index contributed by atoms with van der Waals surface area (Å²) in [6.07, 6.45) is 18.0. The lowest BCUT2D eigenvalue weighted by Gasteiger charge is -2.30. The number of nitrogens with zero attached hydrogens (tertiary/aromatic N) is 6. The molecule has 18 heteroatoms. The van der Waals surface area contributed by atoms with Crippen LogP contribution in [0.15, 0.2) is 60.9 Å². The number of nitriles is 2. The highest BCUT2D eigenvalue weighted by Crippen LogP contribution is 2.55. The summed E-state index contributed by atoms with van der Waals surface area (Å²) >= 11 is 6.47. The zero-order chi connectivity index (χ0) is 46.8. The third kappa shape index (κ3) is 14.3. The van der Waals surface area contributed by atoms with Crippen molar-refractivity contribution in [3.8, 4) is 23.8 Å². The number of phosphoric acid groups is 1. The molecule has 2 fully saturated rings. The van der Waals surface area contributed by atoms with E-state index >= 15 is 0 Å². The van der Waals surface area contributed by atoms with Gasteiger partial charge in [-0.25, -0.2) is 19.0 Å². The molecular weight excluding hydrogens is 885 g/mol. The molecule has 2 saturated heterocycles. The molecule has 3 aromatic heterocycles. The van der Waals surface area contributed by atoms with Crippen LogP contribution in [0, 0.1) is 22.7 Å². The van der Waals surface area contributed by atoms with Crippen LogP contribution in [-0.2, 0) is 32.6 Å². The minimum atomic E-state index is -4.69. The topological polar surface area (TPSA) is 208 Å². The van der Waals surface area contributed by atoms with Gasteiger partial charge in [-0.3, -0.25) is 9.05 Å². The zero-order valence-electron chi connectivity index (χ0n) is 38.5.